The zero-order valence-electron chi connectivity index (χ0n) is 10.2. The van der Waals surface area contributed by atoms with Gasteiger partial charge in [-0.15, -0.1) is 0 Å². The Morgan fingerprint density at radius 2 is 1.83 bits per heavy atom. The molecule has 2 aromatic rings. The molecule has 0 aromatic heterocycles. The van der Waals surface area contributed by atoms with E-state index in [9.17, 15) is 0 Å². The zero-order valence-corrected chi connectivity index (χ0v) is 11.7. The van der Waals surface area contributed by atoms with Gasteiger partial charge in [-0.05, 0) is 29.7 Å². The van der Waals surface area contributed by atoms with Gasteiger partial charge in [0.25, 0.3) is 0 Å². The molecular weight excluding hydrogens is 265 g/mol. The second-order valence-electron chi connectivity index (χ2n) is 4.24. The maximum atomic E-state index is 6.23. The van der Waals surface area contributed by atoms with E-state index < -0.39 is 0 Å². The summed E-state index contributed by atoms with van der Waals surface area (Å²) >= 11 is 12.3. The summed E-state index contributed by atoms with van der Waals surface area (Å²) in [5, 5.41) is 1.15. The van der Waals surface area contributed by atoms with Crippen LogP contribution in [-0.2, 0) is 0 Å². The fraction of sp³-hybridized carbons (Fsp3) is 0.200. The second-order valence-corrected chi connectivity index (χ2v) is 5.03. The molecule has 1 unspecified atom stereocenters. The second kappa shape index (κ2) is 5.75. The monoisotopic (exact) mass is 279 g/mol. The first-order valence-corrected chi connectivity index (χ1v) is 6.69. The molecule has 2 N–H and O–H groups in total. The SMILES string of the molecule is CCC(N)c1cccc(-c2cccc(Cl)c2Cl)c1. The highest BCUT2D eigenvalue weighted by Gasteiger charge is 2.09. The third kappa shape index (κ3) is 2.69. The van der Waals surface area contributed by atoms with Crippen LogP contribution in [0.5, 0.6) is 0 Å². The number of hydrogen-bond acceptors (Lipinski definition) is 1. The van der Waals surface area contributed by atoms with Crippen molar-refractivity contribution >= 4 is 23.2 Å². The van der Waals surface area contributed by atoms with Crippen molar-refractivity contribution in [3.8, 4) is 11.1 Å². The van der Waals surface area contributed by atoms with Crippen molar-refractivity contribution in [1.29, 1.82) is 0 Å². The van der Waals surface area contributed by atoms with Crippen LogP contribution in [-0.4, -0.2) is 0 Å². The molecule has 0 saturated heterocycles. The van der Waals surface area contributed by atoms with E-state index in [-0.39, 0.29) is 6.04 Å². The van der Waals surface area contributed by atoms with Crippen molar-refractivity contribution in [3.05, 3.63) is 58.1 Å². The van der Waals surface area contributed by atoms with Crippen molar-refractivity contribution in [1.82, 2.24) is 0 Å². The molecule has 94 valence electrons. The third-order valence-corrected chi connectivity index (χ3v) is 3.84. The molecule has 2 aromatic carbocycles. The first-order valence-electron chi connectivity index (χ1n) is 5.93. The number of benzene rings is 2. The van der Waals surface area contributed by atoms with Gasteiger partial charge in [0.2, 0.25) is 0 Å². The Morgan fingerprint density at radius 3 is 2.56 bits per heavy atom. The van der Waals surface area contributed by atoms with Crippen LogP contribution in [0.15, 0.2) is 42.5 Å². The Kier molecular flexibility index (Phi) is 4.28. The van der Waals surface area contributed by atoms with E-state index in [1.165, 1.54) is 0 Å². The Balaban J connectivity index is 2.48. The summed E-state index contributed by atoms with van der Waals surface area (Å²) in [4.78, 5) is 0. The molecule has 1 nitrogen and oxygen atoms in total. The summed E-state index contributed by atoms with van der Waals surface area (Å²) in [5.41, 5.74) is 9.15. The van der Waals surface area contributed by atoms with Crippen LogP contribution in [0.4, 0.5) is 0 Å². The van der Waals surface area contributed by atoms with Crippen molar-refractivity contribution in [2.24, 2.45) is 5.73 Å². The van der Waals surface area contributed by atoms with Crippen LogP contribution in [0.3, 0.4) is 0 Å². The summed E-state index contributed by atoms with van der Waals surface area (Å²) in [6, 6.07) is 13.8. The van der Waals surface area contributed by atoms with E-state index in [1.807, 2.05) is 30.3 Å². The summed E-state index contributed by atoms with van der Waals surface area (Å²) in [5.74, 6) is 0. The molecule has 18 heavy (non-hydrogen) atoms. The first-order chi connectivity index (χ1) is 8.63. The van der Waals surface area contributed by atoms with Gasteiger partial charge in [0.15, 0.2) is 0 Å². The van der Waals surface area contributed by atoms with Gasteiger partial charge in [-0.3, -0.25) is 0 Å². The minimum atomic E-state index is 0.0582. The molecule has 0 aliphatic heterocycles. The average molecular weight is 280 g/mol. The fourth-order valence-electron chi connectivity index (χ4n) is 1.90. The molecule has 0 aliphatic carbocycles. The molecule has 0 saturated carbocycles. The van der Waals surface area contributed by atoms with Gasteiger partial charge in [-0.1, -0.05) is 60.5 Å². The molecule has 0 heterocycles. The van der Waals surface area contributed by atoms with Crippen LogP contribution in [0.25, 0.3) is 11.1 Å². The molecular formula is C15H15Cl2N. The first kappa shape index (κ1) is 13.4. The maximum absolute atomic E-state index is 6.23. The molecule has 0 fully saturated rings. The lowest BCUT2D eigenvalue weighted by Gasteiger charge is -2.12. The number of hydrogen-bond donors (Lipinski definition) is 1. The van der Waals surface area contributed by atoms with Crippen LogP contribution in [0.1, 0.15) is 24.9 Å². The summed E-state index contributed by atoms with van der Waals surface area (Å²) in [7, 11) is 0. The van der Waals surface area contributed by atoms with Crippen LogP contribution in [0.2, 0.25) is 10.0 Å². The van der Waals surface area contributed by atoms with Crippen molar-refractivity contribution < 1.29 is 0 Å². The molecule has 0 radical (unpaired) electrons. The van der Waals surface area contributed by atoms with E-state index in [0.29, 0.717) is 10.0 Å². The average Bonchev–Trinajstić information content (AvgIpc) is 2.41. The van der Waals surface area contributed by atoms with E-state index in [2.05, 4.69) is 13.0 Å². The van der Waals surface area contributed by atoms with Gasteiger partial charge in [0, 0.05) is 11.6 Å². The predicted molar refractivity (Wildman–Crippen MR) is 79.1 cm³/mol. The van der Waals surface area contributed by atoms with Crippen molar-refractivity contribution in [2.75, 3.05) is 0 Å². The minimum absolute atomic E-state index is 0.0582. The molecule has 0 aliphatic rings. The molecule has 0 bridgehead atoms. The predicted octanol–water partition coefficient (Wildman–Crippen LogP) is 5.07. The van der Waals surface area contributed by atoms with Gasteiger partial charge in [0.1, 0.15) is 0 Å². The third-order valence-electron chi connectivity index (χ3n) is 3.02. The minimum Gasteiger partial charge on any atom is -0.324 e. The van der Waals surface area contributed by atoms with E-state index in [0.717, 1.165) is 23.1 Å². The molecule has 3 heteroatoms. The van der Waals surface area contributed by atoms with Gasteiger partial charge in [-0.2, -0.15) is 0 Å². The van der Waals surface area contributed by atoms with E-state index in [1.54, 1.807) is 6.07 Å². The lowest BCUT2D eigenvalue weighted by atomic mass is 9.99. The number of rotatable bonds is 3. The van der Waals surface area contributed by atoms with Gasteiger partial charge in [0.05, 0.1) is 10.0 Å². The summed E-state index contributed by atoms with van der Waals surface area (Å²) in [6.07, 6.45) is 0.909. The van der Waals surface area contributed by atoms with Crippen molar-refractivity contribution in [3.63, 3.8) is 0 Å². The van der Waals surface area contributed by atoms with E-state index in [4.69, 9.17) is 28.9 Å². The highest BCUT2D eigenvalue weighted by molar-refractivity contribution is 6.43. The fourth-order valence-corrected chi connectivity index (χ4v) is 2.31. The quantitative estimate of drug-likeness (QED) is 0.834. The summed E-state index contributed by atoms with van der Waals surface area (Å²) < 4.78 is 0. The van der Waals surface area contributed by atoms with Crippen LogP contribution < -0.4 is 5.73 Å². The largest absolute Gasteiger partial charge is 0.324 e. The van der Waals surface area contributed by atoms with Gasteiger partial charge in [-0.25, -0.2) is 0 Å². The molecule has 0 spiro atoms. The van der Waals surface area contributed by atoms with Crippen LogP contribution in [0, 0.1) is 0 Å². The lowest BCUT2D eigenvalue weighted by Crippen LogP contribution is -2.08. The Morgan fingerprint density at radius 1 is 1.11 bits per heavy atom. The lowest BCUT2D eigenvalue weighted by molar-refractivity contribution is 0.699. The Labute approximate surface area is 118 Å². The normalized spacial score (nSPS) is 12.4. The topological polar surface area (TPSA) is 26.0 Å². The van der Waals surface area contributed by atoms with E-state index >= 15 is 0 Å². The Hall–Kier alpha value is -1.02. The highest BCUT2D eigenvalue weighted by Crippen LogP contribution is 2.34. The smallest absolute Gasteiger partial charge is 0.0670 e. The molecule has 0 amide bonds. The van der Waals surface area contributed by atoms with Crippen LogP contribution >= 0.6 is 23.2 Å². The maximum Gasteiger partial charge on any atom is 0.0670 e. The van der Waals surface area contributed by atoms with Gasteiger partial charge >= 0.3 is 0 Å². The summed E-state index contributed by atoms with van der Waals surface area (Å²) in [6.45, 7) is 2.07. The Bertz CT molecular complexity index is 552. The zero-order chi connectivity index (χ0) is 13.1. The van der Waals surface area contributed by atoms with Crippen molar-refractivity contribution in [2.45, 2.75) is 19.4 Å². The highest BCUT2D eigenvalue weighted by atomic mass is 35.5. The number of nitrogens with two attached hydrogens (primary N) is 1. The van der Waals surface area contributed by atoms with Gasteiger partial charge < -0.3 is 5.73 Å². The standard InChI is InChI=1S/C15H15Cl2N/c1-2-14(18)11-6-3-5-10(9-11)12-7-4-8-13(16)15(12)17/h3-9,14H,2,18H2,1H3. The number of halogens is 2. The molecule has 1 atom stereocenters. The molecule has 2 rings (SSSR count).